The molecule has 1 N–H and O–H groups in total. The fraction of sp³-hybridized carbons (Fsp3) is 0.353. The third-order valence-corrected chi connectivity index (χ3v) is 3.87. The largest absolute Gasteiger partial charge is 0.310 e. The first-order chi connectivity index (χ1) is 10.1. The monoisotopic (exact) mass is 306 g/mol. The highest BCUT2D eigenvalue weighted by molar-refractivity contribution is 6.31. The molecule has 1 atom stereocenters. The molecule has 112 valence electrons. The molecule has 1 unspecified atom stereocenters. The fourth-order valence-corrected chi connectivity index (χ4v) is 2.61. The van der Waals surface area contributed by atoms with Crippen LogP contribution in [0.2, 0.25) is 5.02 Å². The molecule has 0 aliphatic heterocycles. The molecule has 0 saturated heterocycles. The number of aryl methyl sites for hydroxylation is 1. The maximum absolute atomic E-state index is 13.5. The Bertz CT molecular complexity index is 601. The molecule has 0 bridgehead atoms. The summed E-state index contributed by atoms with van der Waals surface area (Å²) in [5.41, 5.74) is 3.09. The molecule has 0 radical (unpaired) electrons. The van der Waals surface area contributed by atoms with E-state index in [1.807, 2.05) is 19.1 Å². The van der Waals surface area contributed by atoms with E-state index >= 15 is 0 Å². The standard InChI is InChI=1S/C17H20ClFN2/c1-3-7-21-17(15-6-8-20-11-16(15)18)10-13-9-14(19)5-4-12(13)2/h4-6,8-9,11,17,21H,3,7,10H2,1-2H3. The van der Waals surface area contributed by atoms with Crippen LogP contribution in [0.3, 0.4) is 0 Å². The van der Waals surface area contributed by atoms with Gasteiger partial charge in [-0.05, 0) is 61.2 Å². The van der Waals surface area contributed by atoms with Crippen LogP contribution in [0.4, 0.5) is 4.39 Å². The number of aromatic nitrogens is 1. The number of rotatable bonds is 6. The molecule has 0 amide bonds. The summed E-state index contributed by atoms with van der Waals surface area (Å²) in [5, 5.41) is 4.13. The van der Waals surface area contributed by atoms with Gasteiger partial charge in [0.05, 0.1) is 5.02 Å². The van der Waals surface area contributed by atoms with Crippen LogP contribution >= 0.6 is 11.6 Å². The van der Waals surface area contributed by atoms with Gasteiger partial charge < -0.3 is 5.32 Å². The SMILES string of the molecule is CCCNC(Cc1cc(F)ccc1C)c1ccncc1Cl. The van der Waals surface area contributed by atoms with Crippen molar-refractivity contribution >= 4 is 11.6 Å². The fourth-order valence-electron chi connectivity index (χ4n) is 2.36. The van der Waals surface area contributed by atoms with Gasteiger partial charge in [-0.3, -0.25) is 4.98 Å². The number of nitrogens with zero attached hydrogens (tertiary/aromatic N) is 1. The highest BCUT2D eigenvalue weighted by Gasteiger charge is 2.16. The number of hydrogen-bond donors (Lipinski definition) is 1. The van der Waals surface area contributed by atoms with Crippen molar-refractivity contribution in [2.75, 3.05) is 6.54 Å². The first kappa shape index (κ1) is 15.9. The molecule has 0 aliphatic carbocycles. The molecule has 1 heterocycles. The van der Waals surface area contributed by atoms with Crippen molar-refractivity contribution in [2.24, 2.45) is 0 Å². The summed E-state index contributed by atoms with van der Waals surface area (Å²) in [7, 11) is 0. The number of halogens is 2. The third-order valence-electron chi connectivity index (χ3n) is 3.56. The van der Waals surface area contributed by atoms with Gasteiger partial charge in [0.2, 0.25) is 0 Å². The Morgan fingerprint density at radius 2 is 2.14 bits per heavy atom. The number of benzene rings is 1. The number of hydrogen-bond acceptors (Lipinski definition) is 2. The van der Waals surface area contributed by atoms with E-state index in [1.54, 1.807) is 18.5 Å². The van der Waals surface area contributed by atoms with E-state index in [1.165, 1.54) is 6.07 Å². The molecule has 1 aromatic heterocycles. The van der Waals surface area contributed by atoms with Gasteiger partial charge in [0.1, 0.15) is 5.82 Å². The van der Waals surface area contributed by atoms with Crippen LogP contribution in [-0.2, 0) is 6.42 Å². The minimum Gasteiger partial charge on any atom is -0.310 e. The van der Waals surface area contributed by atoms with Gasteiger partial charge in [-0.15, -0.1) is 0 Å². The quantitative estimate of drug-likeness (QED) is 0.852. The lowest BCUT2D eigenvalue weighted by Gasteiger charge is -2.21. The number of nitrogens with one attached hydrogen (secondary N) is 1. The lowest BCUT2D eigenvalue weighted by molar-refractivity contribution is 0.526. The average molecular weight is 307 g/mol. The number of pyridine rings is 1. The van der Waals surface area contributed by atoms with Gasteiger partial charge in [-0.25, -0.2) is 4.39 Å². The van der Waals surface area contributed by atoms with Crippen LogP contribution in [0, 0.1) is 12.7 Å². The van der Waals surface area contributed by atoms with Crippen LogP contribution in [0.5, 0.6) is 0 Å². The zero-order valence-corrected chi connectivity index (χ0v) is 13.1. The normalized spacial score (nSPS) is 12.4. The smallest absolute Gasteiger partial charge is 0.123 e. The van der Waals surface area contributed by atoms with Crippen LogP contribution in [-0.4, -0.2) is 11.5 Å². The molecule has 2 rings (SSSR count). The van der Waals surface area contributed by atoms with Gasteiger partial charge >= 0.3 is 0 Å². The van der Waals surface area contributed by atoms with Crippen molar-refractivity contribution in [1.82, 2.24) is 10.3 Å². The molecule has 4 heteroatoms. The van der Waals surface area contributed by atoms with E-state index in [4.69, 9.17) is 11.6 Å². The highest BCUT2D eigenvalue weighted by Crippen LogP contribution is 2.26. The van der Waals surface area contributed by atoms with Gasteiger partial charge in [0.25, 0.3) is 0 Å². The van der Waals surface area contributed by atoms with Crippen molar-refractivity contribution in [3.8, 4) is 0 Å². The predicted molar refractivity (Wildman–Crippen MR) is 85.1 cm³/mol. The Hall–Kier alpha value is -1.45. The van der Waals surface area contributed by atoms with Gasteiger partial charge in [-0.1, -0.05) is 24.6 Å². The second kappa shape index (κ2) is 7.53. The molecule has 2 aromatic rings. The highest BCUT2D eigenvalue weighted by atomic mass is 35.5. The van der Waals surface area contributed by atoms with E-state index in [0.717, 1.165) is 29.7 Å². The molecular weight excluding hydrogens is 287 g/mol. The first-order valence-electron chi connectivity index (χ1n) is 7.19. The molecule has 0 aliphatic rings. The van der Waals surface area contributed by atoms with Crippen molar-refractivity contribution in [3.63, 3.8) is 0 Å². The van der Waals surface area contributed by atoms with E-state index in [9.17, 15) is 4.39 Å². The van der Waals surface area contributed by atoms with E-state index in [2.05, 4.69) is 17.2 Å². The molecule has 21 heavy (non-hydrogen) atoms. The first-order valence-corrected chi connectivity index (χ1v) is 7.57. The Morgan fingerprint density at radius 3 is 2.86 bits per heavy atom. The Labute approximate surface area is 130 Å². The lowest BCUT2D eigenvalue weighted by atomic mass is 9.96. The summed E-state index contributed by atoms with van der Waals surface area (Å²) in [5.74, 6) is -0.203. The minimum absolute atomic E-state index is 0.0564. The summed E-state index contributed by atoms with van der Waals surface area (Å²) in [6, 6.07) is 6.89. The predicted octanol–water partition coefficient (Wildman–Crippen LogP) is 4.47. The second-order valence-corrected chi connectivity index (χ2v) is 5.59. The zero-order chi connectivity index (χ0) is 15.2. The lowest BCUT2D eigenvalue weighted by Crippen LogP contribution is -2.24. The Balaban J connectivity index is 2.28. The van der Waals surface area contributed by atoms with Gasteiger partial charge in [-0.2, -0.15) is 0 Å². The second-order valence-electron chi connectivity index (χ2n) is 5.18. The topological polar surface area (TPSA) is 24.9 Å². The summed E-state index contributed by atoms with van der Waals surface area (Å²) < 4.78 is 13.5. The van der Waals surface area contributed by atoms with Gasteiger partial charge in [0, 0.05) is 18.4 Å². The van der Waals surface area contributed by atoms with Crippen LogP contribution < -0.4 is 5.32 Å². The molecule has 0 fully saturated rings. The maximum Gasteiger partial charge on any atom is 0.123 e. The molecule has 0 spiro atoms. The average Bonchev–Trinajstić information content (AvgIpc) is 2.48. The van der Waals surface area contributed by atoms with Crippen molar-refractivity contribution < 1.29 is 4.39 Å². The molecular formula is C17H20ClFN2. The van der Waals surface area contributed by atoms with Crippen LogP contribution in [0.1, 0.15) is 36.1 Å². The molecule has 1 aromatic carbocycles. The minimum atomic E-state index is -0.203. The van der Waals surface area contributed by atoms with E-state index < -0.39 is 0 Å². The third kappa shape index (κ3) is 4.26. The molecule has 2 nitrogen and oxygen atoms in total. The summed E-state index contributed by atoms with van der Waals surface area (Å²) in [6.07, 6.45) is 5.12. The summed E-state index contributed by atoms with van der Waals surface area (Å²) >= 11 is 6.26. The summed E-state index contributed by atoms with van der Waals surface area (Å²) in [4.78, 5) is 4.03. The maximum atomic E-state index is 13.5. The van der Waals surface area contributed by atoms with E-state index in [-0.39, 0.29) is 11.9 Å². The van der Waals surface area contributed by atoms with E-state index in [0.29, 0.717) is 11.4 Å². The van der Waals surface area contributed by atoms with Crippen molar-refractivity contribution in [1.29, 1.82) is 0 Å². The van der Waals surface area contributed by atoms with Gasteiger partial charge in [0.15, 0.2) is 0 Å². The van der Waals surface area contributed by atoms with Crippen LogP contribution in [0.25, 0.3) is 0 Å². The molecule has 0 saturated carbocycles. The Kier molecular flexibility index (Phi) is 5.71. The zero-order valence-electron chi connectivity index (χ0n) is 12.4. The van der Waals surface area contributed by atoms with Crippen LogP contribution in [0.15, 0.2) is 36.7 Å². The van der Waals surface area contributed by atoms with Crippen molar-refractivity contribution in [3.05, 3.63) is 64.2 Å². The Morgan fingerprint density at radius 1 is 1.33 bits per heavy atom. The van der Waals surface area contributed by atoms with Crippen molar-refractivity contribution in [2.45, 2.75) is 32.7 Å². The summed E-state index contributed by atoms with van der Waals surface area (Å²) in [6.45, 7) is 5.00.